The quantitative estimate of drug-likeness (QED) is 0.331. The van der Waals surface area contributed by atoms with Gasteiger partial charge < -0.3 is 19.0 Å². The summed E-state index contributed by atoms with van der Waals surface area (Å²) in [5.41, 5.74) is 4.48. The van der Waals surface area contributed by atoms with Gasteiger partial charge in [-0.25, -0.2) is 14.8 Å². The van der Waals surface area contributed by atoms with Gasteiger partial charge in [0.25, 0.3) is 5.56 Å². The molecule has 1 amide bonds. The van der Waals surface area contributed by atoms with Crippen LogP contribution in [0.3, 0.4) is 0 Å². The van der Waals surface area contributed by atoms with E-state index in [0.29, 0.717) is 60.1 Å². The Morgan fingerprint density at radius 2 is 1.84 bits per heavy atom. The molecule has 0 bridgehead atoms. The summed E-state index contributed by atoms with van der Waals surface area (Å²) in [6.45, 7) is 4.71. The highest BCUT2D eigenvalue weighted by molar-refractivity contribution is 6.30. The second-order valence-electron chi connectivity index (χ2n) is 11.6. The Labute approximate surface area is 252 Å². The first-order valence-electron chi connectivity index (χ1n) is 14.7. The van der Waals surface area contributed by atoms with E-state index in [1.54, 1.807) is 12.3 Å². The molecule has 7 rings (SSSR count). The summed E-state index contributed by atoms with van der Waals surface area (Å²) < 4.78 is 9.56. The van der Waals surface area contributed by atoms with E-state index in [1.807, 2.05) is 18.2 Å². The lowest BCUT2D eigenvalue weighted by molar-refractivity contribution is 0.0927. The third-order valence-corrected chi connectivity index (χ3v) is 8.84. The highest BCUT2D eigenvalue weighted by Gasteiger charge is 2.34. The molecule has 1 unspecified atom stereocenters. The lowest BCUT2D eigenvalue weighted by atomic mass is 9.83. The molecular formula is C30H33ClN8O4. The summed E-state index contributed by atoms with van der Waals surface area (Å²) in [7, 11) is 0. The third kappa shape index (κ3) is 5.46. The van der Waals surface area contributed by atoms with Crippen LogP contribution in [-0.4, -0.2) is 49.9 Å². The predicted octanol–water partition coefficient (Wildman–Crippen LogP) is 4.28. The number of hydrogen-bond acceptors (Lipinski definition) is 9. The van der Waals surface area contributed by atoms with Crippen molar-refractivity contribution >= 4 is 34.8 Å². The fraction of sp³-hybridized carbons (Fsp3) is 0.433. The van der Waals surface area contributed by atoms with E-state index >= 15 is 0 Å². The van der Waals surface area contributed by atoms with Crippen LogP contribution in [0, 0.1) is 11.8 Å². The van der Waals surface area contributed by atoms with Gasteiger partial charge in [-0.2, -0.15) is 4.98 Å². The van der Waals surface area contributed by atoms with Gasteiger partial charge in [-0.3, -0.25) is 14.7 Å². The molecule has 12 nitrogen and oxygen atoms in total. The van der Waals surface area contributed by atoms with Gasteiger partial charge in [0.1, 0.15) is 5.52 Å². The molecule has 4 aromatic rings. The standard InChI is InChI=1S/C30H33ClN8O4/c1-18-7-9-19(10-8-18)15-39-24-25(34-29(39)37-13-14-42-17-22(37)20-5-3-2-4-6-20)32-26(27-35-30(41)43-36-27)33-28(24)38-16-21(31)11-12-23(38)40/h2-6,11-12,16,18-19,22,27,36H,7-10,13-15,17H2,1H3,(H,35,41)/t18?,19?,22-,27?/m0/s1. The van der Waals surface area contributed by atoms with Crippen molar-refractivity contribution < 1.29 is 14.4 Å². The second kappa shape index (κ2) is 11.6. The SMILES string of the molecule is CC1CCC(Cn2c(N3CCOC[C@H]3c3ccccc3)nc3nc(C4NOC(=O)N4)nc(-n4cc(Cl)ccc4=O)c32)CC1. The molecule has 3 aliphatic rings. The first-order chi connectivity index (χ1) is 20.9. The Bertz CT molecular complexity index is 1700. The molecule has 3 aromatic heterocycles. The highest BCUT2D eigenvalue weighted by atomic mass is 35.5. The number of nitrogens with zero attached hydrogens (tertiary/aromatic N) is 6. The minimum Gasteiger partial charge on any atom is -0.377 e. The number of carbonyl (C=O) groups is 1. The van der Waals surface area contributed by atoms with Crippen molar-refractivity contribution in [2.45, 2.75) is 51.4 Å². The van der Waals surface area contributed by atoms with Gasteiger partial charge in [0.15, 0.2) is 23.5 Å². The van der Waals surface area contributed by atoms with Crippen molar-refractivity contribution in [3.8, 4) is 5.82 Å². The fourth-order valence-corrected chi connectivity index (χ4v) is 6.47. The molecule has 0 spiro atoms. The van der Waals surface area contributed by atoms with Gasteiger partial charge in [-0.15, -0.1) is 5.48 Å². The number of morpholine rings is 1. The maximum Gasteiger partial charge on any atom is 0.427 e. The number of anilines is 1. The van der Waals surface area contributed by atoms with E-state index in [0.717, 1.165) is 24.4 Å². The van der Waals surface area contributed by atoms with Crippen LogP contribution in [0.2, 0.25) is 5.02 Å². The Balaban J connectivity index is 1.45. The van der Waals surface area contributed by atoms with Gasteiger partial charge in [0, 0.05) is 25.4 Å². The maximum atomic E-state index is 13.3. The number of ether oxygens (including phenoxy) is 1. The zero-order valence-corrected chi connectivity index (χ0v) is 24.5. The van der Waals surface area contributed by atoms with Crippen molar-refractivity contribution in [2.75, 3.05) is 24.7 Å². The van der Waals surface area contributed by atoms with Crippen LogP contribution in [0.1, 0.15) is 56.2 Å². The molecule has 2 atom stereocenters. The van der Waals surface area contributed by atoms with Crippen LogP contribution in [0.25, 0.3) is 17.0 Å². The molecule has 2 N–H and O–H groups in total. The molecule has 13 heteroatoms. The smallest absolute Gasteiger partial charge is 0.377 e. The van der Waals surface area contributed by atoms with Crippen LogP contribution < -0.4 is 21.3 Å². The molecule has 2 saturated heterocycles. The minimum atomic E-state index is -0.820. The first-order valence-corrected chi connectivity index (χ1v) is 15.1. The fourth-order valence-electron chi connectivity index (χ4n) is 6.31. The number of pyridine rings is 1. The molecule has 1 saturated carbocycles. The van der Waals surface area contributed by atoms with Crippen molar-refractivity contribution in [1.82, 2.24) is 34.9 Å². The summed E-state index contributed by atoms with van der Waals surface area (Å²) in [6, 6.07) is 13.2. The molecule has 0 radical (unpaired) electrons. The Kier molecular flexibility index (Phi) is 7.50. The van der Waals surface area contributed by atoms with E-state index in [-0.39, 0.29) is 17.4 Å². The Hall–Kier alpha value is -4.00. The number of imidazole rings is 1. The molecule has 1 aromatic carbocycles. The van der Waals surface area contributed by atoms with E-state index in [4.69, 9.17) is 36.1 Å². The number of hydroxylamine groups is 1. The molecule has 1 aliphatic carbocycles. The van der Waals surface area contributed by atoms with Crippen molar-refractivity contribution in [1.29, 1.82) is 0 Å². The summed E-state index contributed by atoms with van der Waals surface area (Å²) in [4.78, 5) is 47.1. The lowest BCUT2D eigenvalue weighted by Gasteiger charge is -2.37. The molecule has 3 fully saturated rings. The number of hydrogen-bond donors (Lipinski definition) is 2. The lowest BCUT2D eigenvalue weighted by Crippen LogP contribution is -2.41. The molecule has 224 valence electrons. The predicted molar refractivity (Wildman–Crippen MR) is 160 cm³/mol. The van der Waals surface area contributed by atoms with E-state index in [9.17, 15) is 9.59 Å². The van der Waals surface area contributed by atoms with Crippen molar-refractivity contribution in [3.05, 3.63) is 75.4 Å². The average molecular weight is 605 g/mol. The molecule has 43 heavy (non-hydrogen) atoms. The normalized spacial score (nSPS) is 24.2. The maximum absolute atomic E-state index is 13.3. The van der Waals surface area contributed by atoms with Crippen LogP contribution in [0.4, 0.5) is 10.7 Å². The van der Waals surface area contributed by atoms with Crippen molar-refractivity contribution in [2.24, 2.45) is 11.8 Å². The molecular weight excluding hydrogens is 572 g/mol. The van der Waals surface area contributed by atoms with Crippen molar-refractivity contribution in [3.63, 3.8) is 0 Å². The molecule has 5 heterocycles. The Morgan fingerprint density at radius 3 is 2.60 bits per heavy atom. The van der Waals surface area contributed by atoms with Crippen LogP contribution in [0.5, 0.6) is 0 Å². The number of halogens is 1. The molecule has 2 aliphatic heterocycles. The summed E-state index contributed by atoms with van der Waals surface area (Å²) >= 11 is 6.39. The van der Waals surface area contributed by atoms with E-state index in [2.05, 4.69) is 39.3 Å². The number of aromatic nitrogens is 5. The number of carbonyl (C=O) groups excluding carboxylic acids is 1. The Morgan fingerprint density at radius 1 is 1.02 bits per heavy atom. The second-order valence-corrected chi connectivity index (χ2v) is 12.0. The number of fused-ring (bicyclic) bond motifs is 1. The van der Waals surface area contributed by atoms with E-state index in [1.165, 1.54) is 23.5 Å². The highest BCUT2D eigenvalue weighted by Crippen LogP contribution is 2.37. The van der Waals surface area contributed by atoms with Gasteiger partial charge >= 0.3 is 6.09 Å². The van der Waals surface area contributed by atoms with Gasteiger partial charge in [-0.1, -0.05) is 61.7 Å². The first kappa shape index (κ1) is 27.8. The van der Waals surface area contributed by atoms with Crippen LogP contribution in [0.15, 0.2) is 53.5 Å². The largest absolute Gasteiger partial charge is 0.427 e. The average Bonchev–Trinajstić information content (AvgIpc) is 3.63. The summed E-state index contributed by atoms with van der Waals surface area (Å²) in [6.07, 6.45) is 4.63. The van der Waals surface area contributed by atoms with Crippen LogP contribution in [-0.2, 0) is 16.1 Å². The van der Waals surface area contributed by atoms with E-state index < -0.39 is 12.3 Å². The number of nitrogens with one attached hydrogen (secondary N) is 2. The number of amides is 1. The number of benzene rings is 1. The summed E-state index contributed by atoms with van der Waals surface area (Å²) in [5.74, 6) is 2.43. The van der Waals surface area contributed by atoms with Gasteiger partial charge in [0.2, 0.25) is 5.95 Å². The van der Waals surface area contributed by atoms with Gasteiger partial charge in [0.05, 0.1) is 24.3 Å². The third-order valence-electron chi connectivity index (χ3n) is 8.62. The van der Waals surface area contributed by atoms with Gasteiger partial charge in [-0.05, 0) is 36.3 Å². The zero-order chi connectivity index (χ0) is 29.5. The summed E-state index contributed by atoms with van der Waals surface area (Å²) in [5, 5.41) is 3.03. The topological polar surface area (TPSA) is 128 Å². The minimum absolute atomic E-state index is 0.0640. The monoisotopic (exact) mass is 604 g/mol. The number of rotatable bonds is 6. The zero-order valence-electron chi connectivity index (χ0n) is 23.8. The van der Waals surface area contributed by atoms with Crippen LogP contribution >= 0.6 is 11.6 Å².